The van der Waals surface area contributed by atoms with Gasteiger partial charge in [-0.3, -0.25) is 10.1 Å². The zero-order valence-corrected chi connectivity index (χ0v) is 14.3. The summed E-state index contributed by atoms with van der Waals surface area (Å²) in [6.07, 6.45) is -0.240. The number of hydrogen-bond acceptors (Lipinski definition) is 4. The zero-order valence-electron chi connectivity index (χ0n) is 14.3. The van der Waals surface area contributed by atoms with Crippen molar-refractivity contribution in [3.63, 3.8) is 0 Å². The second-order valence-electron chi connectivity index (χ2n) is 6.42. The number of aliphatic hydroxyl groups excluding tert-OH is 1. The molecule has 0 aliphatic carbocycles. The van der Waals surface area contributed by atoms with Gasteiger partial charge in [0.2, 0.25) is 0 Å². The minimum absolute atomic E-state index is 0.0104. The molecule has 1 aliphatic rings. The van der Waals surface area contributed by atoms with E-state index in [1.807, 2.05) is 6.07 Å². The van der Waals surface area contributed by atoms with E-state index >= 15 is 0 Å². The molecule has 0 saturated heterocycles. The number of hydrogen-bond donors (Lipinski definition) is 1. The summed E-state index contributed by atoms with van der Waals surface area (Å²) in [4.78, 5) is 10.7. The molecule has 0 radical (unpaired) electrons. The van der Waals surface area contributed by atoms with Crippen molar-refractivity contribution in [1.29, 1.82) is 0 Å². The zero-order chi connectivity index (χ0) is 19.0. The van der Waals surface area contributed by atoms with Crippen molar-refractivity contribution in [3.8, 4) is 16.9 Å². The Balaban J connectivity index is 1.82. The second-order valence-corrected chi connectivity index (χ2v) is 6.42. The number of ether oxygens (including phenoxy) is 1. The molecule has 0 fully saturated rings. The standard InChI is InChI=1S/C21H16FNO4/c22-17-6-4-13(5-7-17)20(24)16-10-15-8-9-27-21(15)19(12-16)14-2-1-3-18(11-14)23(25)26/h1-7,10-12,20,24H,8-9H2. The summed E-state index contributed by atoms with van der Waals surface area (Å²) < 4.78 is 18.9. The Morgan fingerprint density at radius 2 is 1.85 bits per heavy atom. The Morgan fingerprint density at radius 1 is 1.07 bits per heavy atom. The first-order valence-corrected chi connectivity index (χ1v) is 8.51. The van der Waals surface area contributed by atoms with Gasteiger partial charge in [-0.05, 0) is 46.5 Å². The van der Waals surface area contributed by atoms with Gasteiger partial charge in [0, 0.05) is 24.1 Å². The lowest BCUT2D eigenvalue weighted by Gasteiger charge is -2.16. The van der Waals surface area contributed by atoms with E-state index in [-0.39, 0.29) is 11.5 Å². The Labute approximate surface area is 154 Å². The van der Waals surface area contributed by atoms with E-state index in [1.54, 1.807) is 18.2 Å². The van der Waals surface area contributed by atoms with Crippen LogP contribution in [0.5, 0.6) is 5.75 Å². The van der Waals surface area contributed by atoms with E-state index in [1.165, 1.54) is 36.4 Å². The van der Waals surface area contributed by atoms with Crippen LogP contribution in [0.4, 0.5) is 10.1 Å². The normalized spacial score (nSPS) is 13.7. The number of halogens is 1. The molecule has 1 heterocycles. The van der Waals surface area contributed by atoms with Crippen molar-refractivity contribution in [2.75, 3.05) is 6.61 Å². The van der Waals surface area contributed by atoms with Crippen molar-refractivity contribution in [3.05, 3.63) is 93.3 Å². The number of aliphatic hydroxyl groups is 1. The molecule has 6 heteroatoms. The summed E-state index contributed by atoms with van der Waals surface area (Å²) in [6.45, 7) is 0.521. The van der Waals surface area contributed by atoms with Crippen molar-refractivity contribution >= 4 is 5.69 Å². The maximum Gasteiger partial charge on any atom is 0.270 e. The summed E-state index contributed by atoms with van der Waals surface area (Å²) in [7, 11) is 0. The number of rotatable bonds is 4. The monoisotopic (exact) mass is 365 g/mol. The smallest absolute Gasteiger partial charge is 0.270 e. The average molecular weight is 365 g/mol. The molecule has 0 amide bonds. The molecule has 0 saturated carbocycles. The minimum atomic E-state index is -0.936. The largest absolute Gasteiger partial charge is 0.492 e. The maximum atomic E-state index is 13.2. The SMILES string of the molecule is O=[N+]([O-])c1cccc(-c2cc(C(O)c3ccc(F)cc3)cc3c2OCC3)c1. The van der Waals surface area contributed by atoms with Gasteiger partial charge in [0.15, 0.2) is 0 Å². The van der Waals surface area contributed by atoms with E-state index in [9.17, 15) is 19.6 Å². The van der Waals surface area contributed by atoms with Crippen LogP contribution in [0.2, 0.25) is 0 Å². The highest BCUT2D eigenvalue weighted by Gasteiger charge is 2.23. The summed E-state index contributed by atoms with van der Waals surface area (Å²) in [6, 6.07) is 15.7. The predicted molar refractivity (Wildman–Crippen MR) is 98.2 cm³/mol. The molecule has 4 rings (SSSR count). The quantitative estimate of drug-likeness (QED) is 0.549. The topological polar surface area (TPSA) is 72.6 Å². The van der Waals surface area contributed by atoms with Crippen LogP contribution in [0, 0.1) is 15.9 Å². The molecule has 1 N–H and O–H groups in total. The summed E-state index contributed by atoms with van der Waals surface area (Å²) in [5, 5.41) is 21.9. The lowest BCUT2D eigenvalue weighted by molar-refractivity contribution is -0.384. The molecular weight excluding hydrogens is 349 g/mol. The van der Waals surface area contributed by atoms with Crippen LogP contribution >= 0.6 is 0 Å². The molecule has 0 bridgehead atoms. The van der Waals surface area contributed by atoms with Gasteiger partial charge >= 0.3 is 0 Å². The van der Waals surface area contributed by atoms with Gasteiger partial charge in [0.25, 0.3) is 5.69 Å². The van der Waals surface area contributed by atoms with E-state index in [4.69, 9.17) is 4.74 Å². The van der Waals surface area contributed by atoms with Crippen LogP contribution in [0.15, 0.2) is 60.7 Å². The van der Waals surface area contributed by atoms with E-state index in [0.29, 0.717) is 41.0 Å². The van der Waals surface area contributed by atoms with Gasteiger partial charge in [-0.25, -0.2) is 4.39 Å². The summed E-state index contributed by atoms with van der Waals surface area (Å²) in [5.41, 5.74) is 3.48. The molecule has 1 aliphatic heterocycles. The molecule has 3 aromatic rings. The second kappa shape index (κ2) is 6.81. The molecule has 0 aromatic heterocycles. The molecule has 3 aromatic carbocycles. The van der Waals surface area contributed by atoms with Crippen LogP contribution in [0.3, 0.4) is 0 Å². The molecular formula is C21H16FNO4. The number of non-ortho nitro benzene ring substituents is 1. The fourth-order valence-electron chi connectivity index (χ4n) is 3.33. The van der Waals surface area contributed by atoms with Crippen LogP contribution < -0.4 is 4.74 Å². The fourth-order valence-corrected chi connectivity index (χ4v) is 3.33. The van der Waals surface area contributed by atoms with Crippen LogP contribution in [0.25, 0.3) is 11.1 Å². The summed E-state index contributed by atoms with van der Waals surface area (Å²) in [5.74, 6) is 0.316. The van der Waals surface area contributed by atoms with Crippen LogP contribution in [-0.2, 0) is 6.42 Å². The molecule has 1 unspecified atom stereocenters. The van der Waals surface area contributed by atoms with Crippen LogP contribution in [-0.4, -0.2) is 16.6 Å². The van der Waals surface area contributed by atoms with Gasteiger partial charge in [-0.2, -0.15) is 0 Å². The number of nitrogens with zero attached hydrogens (tertiary/aromatic N) is 1. The van der Waals surface area contributed by atoms with E-state index < -0.39 is 11.0 Å². The van der Waals surface area contributed by atoms with Gasteiger partial charge in [0.1, 0.15) is 17.7 Å². The third-order valence-corrected chi connectivity index (χ3v) is 4.68. The van der Waals surface area contributed by atoms with Crippen molar-refractivity contribution in [2.24, 2.45) is 0 Å². The Kier molecular flexibility index (Phi) is 4.33. The number of nitro benzene ring substituents is 1. The molecule has 1 atom stereocenters. The number of benzene rings is 3. The first-order chi connectivity index (χ1) is 13.0. The third kappa shape index (κ3) is 3.27. The summed E-state index contributed by atoms with van der Waals surface area (Å²) >= 11 is 0. The van der Waals surface area contributed by atoms with Gasteiger partial charge in [0.05, 0.1) is 11.5 Å². The fraction of sp³-hybridized carbons (Fsp3) is 0.143. The highest BCUT2D eigenvalue weighted by atomic mass is 19.1. The maximum absolute atomic E-state index is 13.2. The lowest BCUT2D eigenvalue weighted by atomic mass is 9.93. The molecule has 27 heavy (non-hydrogen) atoms. The molecule has 5 nitrogen and oxygen atoms in total. The highest BCUT2D eigenvalue weighted by Crippen LogP contribution is 2.41. The Hall–Kier alpha value is -3.25. The average Bonchev–Trinajstić information content (AvgIpc) is 3.16. The number of fused-ring (bicyclic) bond motifs is 1. The third-order valence-electron chi connectivity index (χ3n) is 4.68. The minimum Gasteiger partial charge on any atom is -0.492 e. The van der Waals surface area contributed by atoms with E-state index in [0.717, 1.165) is 5.56 Å². The lowest BCUT2D eigenvalue weighted by Crippen LogP contribution is -2.01. The highest BCUT2D eigenvalue weighted by molar-refractivity contribution is 5.75. The Bertz CT molecular complexity index is 1020. The van der Waals surface area contributed by atoms with Gasteiger partial charge < -0.3 is 9.84 Å². The first-order valence-electron chi connectivity index (χ1n) is 8.51. The van der Waals surface area contributed by atoms with Crippen molar-refractivity contribution in [2.45, 2.75) is 12.5 Å². The van der Waals surface area contributed by atoms with Gasteiger partial charge in [-0.1, -0.05) is 24.3 Å². The van der Waals surface area contributed by atoms with E-state index in [2.05, 4.69) is 0 Å². The van der Waals surface area contributed by atoms with Crippen molar-refractivity contribution in [1.82, 2.24) is 0 Å². The predicted octanol–water partition coefficient (Wildman–Crippen LogP) is 4.42. The Morgan fingerprint density at radius 3 is 2.59 bits per heavy atom. The molecule has 136 valence electrons. The van der Waals surface area contributed by atoms with Crippen molar-refractivity contribution < 1.29 is 19.2 Å². The number of nitro groups is 1. The first kappa shape index (κ1) is 17.2. The molecule has 0 spiro atoms. The van der Waals surface area contributed by atoms with Crippen LogP contribution in [0.1, 0.15) is 22.8 Å². The van der Waals surface area contributed by atoms with Gasteiger partial charge in [-0.15, -0.1) is 0 Å².